The molecule has 0 heterocycles. The van der Waals surface area contributed by atoms with Crippen LogP contribution in [-0.4, -0.2) is 10.7 Å². The molecule has 1 heteroatoms. The first-order chi connectivity index (χ1) is 8.78. The SMILES string of the molecule is OC1(C2=CCCc3c2cccc3C2CC2)CCC1. The number of hydrogen-bond donors (Lipinski definition) is 1. The zero-order valence-electron chi connectivity index (χ0n) is 10.8. The molecule has 0 spiro atoms. The number of allylic oxidation sites excluding steroid dienone is 1. The van der Waals surface area contributed by atoms with Crippen LogP contribution in [0.3, 0.4) is 0 Å². The van der Waals surface area contributed by atoms with Gasteiger partial charge in [-0.1, -0.05) is 24.3 Å². The quantitative estimate of drug-likeness (QED) is 0.833. The van der Waals surface area contributed by atoms with Crippen molar-refractivity contribution in [2.45, 2.75) is 56.5 Å². The van der Waals surface area contributed by atoms with Gasteiger partial charge < -0.3 is 5.11 Å². The predicted molar refractivity (Wildman–Crippen MR) is 73.5 cm³/mol. The van der Waals surface area contributed by atoms with Crippen molar-refractivity contribution in [3.05, 3.63) is 41.0 Å². The van der Waals surface area contributed by atoms with Crippen molar-refractivity contribution in [2.24, 2.45) is 0 Å². The molecular weight excluding hydrogens is 220 g/mol. The maximum absolute atomic E-state index is 10.7. The Morgan fingerprint density at radius 1 is 1.17 bits per heavy atom. The Morgan fingerprint density at radius 2 is 2.00 bits per heavy atom. The Morgan fingerprint density at radius 3 is 2.67 bits per heavy atom. The molecule has 2 saturated carbocycles. The molecule has 94 valence electrons. The third kappa shape index (κ3) is 1.50. The van der Waals surface area contributed by atoms with Gasteiger partial charge in [0.25, 0.3) is 0 Å². The Labute approximate surface area is 109 Å². The van der Waals surface area contributed by atoms with E-state index >= 15 is 0 Å². The minimum atomic E-state index is -0.503. The Bertz CT molecular complexity index is 518. The zero-order valence-corrected chi connectivity index (χ0v) is 10.8. The molecule has 1 N–H and O–H groups in total. The van der Waals surface area contributed by atoms with Gasteiger partial charge in [-0.15, -0.1) is 0 Å². The molecule has 0 aromatic heterocycles. The molecule has 0 aliphatic heterocycles. The van der Waals surface area contributed by atoms with E-state index in [9.17, 15) is 5.11 Å². The minimum Gasteiger partial charge on any atom is -0.385 e. The first-order valence-corrected chi connectivity index (χ1v) is 7.33. The van der Waals surface area contributed by atoms with Gasteiger partial charge in [-0.05, 0) is 73.1 Å². The Kier molecular flexibility index (Phi) is 2.23. The van der Waals surface area contributed by atoms with E-state index in [1.165, 1.54) is 42.4 Å². The lowest BCUT2D eigenvalue weighted by atomic mass is 9.69. The second-order valence-corrected chi connectivity index (χ2v) is 6.19. The van der Waals surface area contributed by atoms with Gasteiger partial charge in [-0.25, -0.2) is 0 Å². The van der Waals surface area contributed by atoms with E-state index in [1.54, 1.807) is 5.56 Å². The summed E-state index contributed by atoms with van der Waals surface area (Å²) in [5.74, 6) is 0.815. The number of hydrogen-bond acceptors (Lipinski definition) is 1. The molecule has 0 bridgehead atoms. The third-order valence-electron chi connectivity index (χ3n) is 4.94. The van der Waals surface area contributed by atoms with Crippen LogP contribution in [0, 0.1) is 0 Å². The summed E-state index contributed by atoms with van der Waals surface area (Å²) in [7, 11) is 0. The van der Waals surface area contributed by atoms with Crippen LogP contribution in [0.15, 0.2) is 24.3 Å². The van der Waals surface area contributed by atoms with Crippen molar-refractivity contribution in [1.29, 1.82) is 0 Å². The smallest absolute Gasteiger partial charge is 0.0899 e. The second-order valence-electron chi connectivity index (χ2n) is 6.19. The highest BCUT2D eigenvalue weighted by Gasteiger charge is 2.40. The average molecular weight is 240 g/mol. The van der Waals surface area contributed by atoms with Crippen molar-refractivity contribution in [3.63, 3.8) is 0 Å². The molecule has 2 fully saturated rings. The minimum absolute atomic E-state index is 0.503. The lowest BCUT2D eigenvalue weighted by molar-refractivity contribution is 0.0240. The number of benzene rings is 1. The lowest BCUT2D eigenvalue weighted by Gasteiger charge is -2.41. The van der Waals surface area contributed by atoms with Gasteiger partial charge in [-0.2, -0.15) is 0 Å². The molecule has 0 atom stereocenters. The van der Waals surface area contributed by atoms with Crippen LogP contribution in [0.2, 0.25) is 0 Å². The highest BCUT2D eigenvalue weighted by molar-refractivity contribution is 5.77. The summed E-state index contributed by atoms with van der Waals surface area (Å²) < 4.78 is 0. The highest BCUT2D eigenvalue weighted by atomic mass is 16.3. The molecule has 3 aliphatic carbocycles. The monoisotopic (exact) mass is 240 g/mol. The normalized spacial score (nSPS) is 25.1. The maximum Gasteiger partial charge on any atom is 0.0899 e. The van der Waals surface area contributed by atoms with Crippen LogP contribution < -0.4 is 0 Å². The third-order valence-corrected chi connectivity index (χ3v) is 4.94. The van der Waals surface area contributed by atoms with Gasteiger partial charge in [-0.3, -0.25) is 0 Å². The number of rotatable bonds is 2. The van der Waals surface area contributed by atoms with E-state index in [0.717, 1.165) is 25.2 Å². The molecule has 0 amide bonds. The molecule has 4 rings (SSSR count). The molecular formula is C17H20O. The van der Waals surface area contributed by atoms with E-state index in [2.05, 4.69) is 24.3 Å². The van der Waals surface area contributed by atoms with Crippen molar-refractivity contribution < 1.29 is 5.11 Å². The van der Waals surface area contributed by atoms with Crippen molar-refractivity contribution in [2.75, 3.05) is 0 Å². The summed E-state index contributed by atoms with van der Waals surface area (Å²) in [5, 5.41) is 10.7. The van der Waals surface area contributed by atoms with Crippen molar-refractivity contribution in [1.82, 2.24) is 0 Å². The van der Waals surface area contributed by atoms with E-state index < -0.39 is 5.60 Å². The molecule has 0 radical (unpaired) electrons. The molecule has 18 heavy (non-hydrogen) atoms. The zero-order chi connectivity index (χ0) is 12.2. The van der Waals surface area contributed by atoms with Crippen LogP contribution in [-0.2, 0) is 6.42 Å². The standard InChI is InChI=1S/C17H20O/c18-17(10-3-11-17)16-7-2-5-14-13(12-8-9-12)4-1-6-15(14)16/h1,4,6-7,12,18H,2-3,5,8-11H2. The van der Waals surface area contributed by atoms with Crippen LogP contribution >= 0.6 is 0 Å². The van der Waals surface area contributed by atoms with Crippen LogP contribution in [0.25, 0.3) is 5.57 Å². The van der Waals surface area contributed by atoms with E-state index in [1.807, 2.05) is 0 Å². The maximum atomic E-state index is 10.7. The van der Waals surface area contributed by atoms with Gasteiger partial charge in [0, 0.05) is 0 Å². The molecule has 1 aromatic rings. The van der Waals surface area contributed by atoms with Crippen LogP contribution in [0.4, 0.5) is 0 Å². The first-order valence-electron chi connectivity index (χ1n) is 7.33. The summed E-state index contributed by atoms with van der Waals surface area (Å²) in [5.41, 5.74) is 5.20. The van der Waals surface area contributed by atoms with Gasteiger partial charge in [0.1, 0.15) is 0 Å². The number of fused-ring (bicyclic) bond motifs is 1. The van der Waals surface area contributed by atoms with E-state index in [-0.39, 0.29) is 0 Å². The van der Waals surface area contributed by atoms with Crippen LogP contribution in [0.5, 0.6) is 0 Å². The summed E-state index contributed by atoms with van der Waals surface area (Å²) in [6.45, 7) is 0. The predicted octanol–water partition coefficient (Wildman–Crippen LogP) is 3.81. The summed E-state index contributed by atoms with van der Waals surface area (Å²) in [4.78, 5) is 0. The molecule has 1 nitrogen and oxygen atoms in total. The first kappa shape index (κ1) is 10.8. The van der Waals surface area contributed by atoms with E-state index in [0.29, 0.717) is 0 Å². The Balaban J connectivity index is 1.81. The summed E-state index contributed by atoms with van der Waals surface area (Å²) in [6.07, 6.45) is 10.4. The van der Waals surface area contributed by atoms with Gasteiger partial charge in [0.15, 0.2) is 0 Å². The number of aliphatic hydroxyl groups is 1. The Hall–Kier alpha value is -1.08. The van der Waals surface area contributed by atoms with Gasteiger partial charge in [0.2, 0.25) is 0 Å². The average Bonchev–Trinajstić information content (AvgIpc) is 3.19. The second kappa shape index (κ2) is 3.71. The van der Waals surface area contributed by atoms with Gasteiger partial charge >= 0.3 is 0 Å². The fourth-order valence-corrected chi connectivity index (χ4v) is 3.61. The molecule has 0 saturated heterocycles. The highest BCUT2D eigenvalue weighted by Crippen LogP contribution is 2.49. The molecule has 0 unspecified atom stereocenters. The van der Waals surface area contributed by atoms with Gasteiger partial charge in [0.05, 0.1) is 5.60 Å². The fraction of sp³-hybridized carbons (Fsp3) is 0.529. The lowest BCUT2D eigenvalue weighted by Crippen LogP contribution is -2.38. The summed E-state index contributed by atoms with van der Waals surface area (Å²) >= 11 is 0. The van der Waals surface area contributed by atoms with Crippen LogP contribution in [0.1, 0.15) is 61.1 Å². The summed E-state index contributed by atoms with van der Waals surface area (Å²) in [6, 6.07) is 6.72. The van der Waals surface area contributed by atoms with Crippen molar-refractivity contribution >= 4 is 5.57 Å². The topological polar surface area (TPSA) is 20.2 Å². The van der Waals surface area contributed by atoms with Crippen molar-refractivity contribution in [3.8, 4) is 0 Å². The largest absolute Gasteiger partial charge is 0.385 e. The van der Waals surface area contributed by atoms with E-state index in [4.69, 9.17) is 0 Å². The fourth-order valence-electron chi connectivity index (χ4n) is 3.61. The molecule has 3 aliphatic rings. The molecule has 1 aromatic carbocycles.